The highest BCUT2D eigenvalue weighted by atomic mass is 16.5. The largest absolute Gasteiger partial charge is 0.493 e. The zero-order chi connectivity index (χ0) is 19.5. The van der Waals surface area contributed by atoms with Gasteiger partial charge in [0.2, 0.25) is 0 Å². The number of carbonyl (C=O) groups is 1. The van der Waals surface area contributed by atoms with Gasteiger partial charge in [-0.15, -0.1) is 0 Å². The van der Waals surface area contributed by atoms with Gasteiger partial charge in [0.05, 0.1) is 25.5 Å². The van der Waals surface area contributed by atoms with Crippen molar-refractivity contribution in [2.45, 2.75) is 25.9 Å². The van der Waals surface area contributed by atoms with Crippen molar-refractivity contribution in [3.8, 4) is 17.2 Å². The average Bonchev–Trinajstić information content (AvgIpc) is 3.35. The Balaban J connectivity index is 1.59. The van der Waals surface area contributed by atoms with Crippen molar-refractivity contribution in [1.29, 1.82) is 0 Å². The van der Waals surface area contributed by atoms with Crippen LogP contribution in [0.5, 0.6) is 11.5 Å². The van der Waals surface area contributed by atoms with E-state index in [0.717, 1.165) is 30.6 Å². The van der Waals surface area contributed by atoms with Gasteiger partial charge in [-0.05, 0) is 49.6 Å². The number of rotatable bonds is 6. The van der Waals surface area contributed by atoms with Crippen molar-refractivity contribution in [3.63, 3.8) is 0 Å². The van der Waals surface area contributed by atoms with Crippen LogP contribution < -0.4 is 9.47 Å². The van der Waals surface area contributed by atoms with E-state index in [1.165, 1.54) is 18.4 Å². The first-order valence-corrected chi connectivity index (χ1v) is 9.25. The molecule has 0 fully saturated rings. The predicted molar refractivity (Wildman–Crippen MR) is 104 cm³/mol. The molecule has 1 aliphatic carbocycles. The molecule has 28 heavy (non-hydrogen) atoms. The van der Waals surface area contributed by atoms with Crippen LogP contribution in [-0.4, -0.2) is 30.0 Å². The lowest BCUT2D eigenvalue weighted by atomic mass is 10.2. The van der Waals surface area contributed by atoms with Crippen LogP contribution in [0.1, 0.15) is 33.7 Å². The summed E-state index contributed by atoms with van der Waals surface area (Å²) < 4.78 is 18.2. The summed E-state index contributed by atoms with van der Waals surface area (Å²) in [5.41, 5.74) is 4.95. The van der Waals surface area contributed by atoms with Crippen molar-refractivity contribution < 1.29 is 19.0 Å². The van der Waals surface area contributed by atoms with Crippen LogP contribution in [-0.2, 0) is 24.2 Å². The molecule has 0 N–H and O–H groups in total. The first kappa shape index (κ1) is 18.1. The number of aromatic nitrogens is 2. The lowest BCUT2D eigenvalue weighted by Crippen LogP contribution is -2.05. The van der Waals surface area contributed by atoms with Crippen LogP contribution in [0.15, 0.2) is 48.5 Å². The van der Waals surface area contributed by atoms with Crippen molar-refractivity contribution >= 4 is 5.97 Å². The standard InChI is InChI=1S/C22H22N2O4/c1-26-21-13-15(22(25)27-2)11-12-20(21)28-14-18-17-9-6-10-19(17)24(23-18)16-7-4-3-5-8-16/h3-5,7-8,11-13H,6,9-10,14H2,1-2H3. The van der Waals surface area contributed by atoms with Crippen molar-refractivity contribution in [3.05, 3.63) is 71.0 Å². The summed E-state index contributed by atoms with van der Waals surface area (Å²) in [6, 6.07) is 15.2. The summed E-state index contributed by atoms with van der Waals surface area (Å²) in [5.74, 6) is 0.641. The molecule has 0 spiro atoms. The first-order valence-electron chi connectivity index (χ1n) is 9.25. The van der Waals surface area contributed by atoms with Crippen LogP contribution in [0.2, 0.25) is 0 Å². The highest BCUT2D eigenvalue weighted by Gasteiger charge is 2.23. The molecule has 0 saturated carbocycles. The molecular weight excluding hydrogens is 356 g/mol. The zero-order valence-electron chi connectivity index (χ0n) is 16.0. The van der Waals surface area contributed by atoms with Gasteiger partial charge >= 0.3 is 5.97 Å². The lowest BCUT2D eigenvalue weighted by Gasteiger charge is -2.11. The molecule has 0 radical (unpaired) electrons. The number of benzene rings is 2. The minimum Gasteiger partial charge on any atom is -0.493 e. The Morgan fingerprint density at radius 1 is 1.07 bits per heavy atom. The van der Waals surface area contributed by atoms with Gasteiger partial charge in [0.25, 0.3) is 0 Å². The first-order chi connectivity index (χ1) is 13.7. The van der Waals surface area contributed by atoms with Crippen molar-refractivity contribution in [2.75, 3.05) is 14.2 Å². The minimum atomic E-state index is -0.413. The molecule has 144 valence electrons. The summed E-state index contributed by atoms with van der Waals surface area (Å²) in [7, 11) is 2.90. The molecule has 0 aliphatic heterocycles. The van der Waals surface area contributed by atoms with Gasteiger partial charge in [0.15, 0.2) is 11.5 Å². The maximum atomic E-state index is 11.7. The van der Waals surface area contributed by atoms with Gasteiger partial charge in [-0.1, -0.05) is 18.2 Å². The van der Waals surface area contributed by atoms with E-state index in [2.05, 4.69) is 12.1 Å². The van der Waals surface area contributed by atoms with Gasteiger partial charge in [0.1, 0.15) is 12.3 Å². The number of hydrogen-bond acceptors (Lipinski definition) is 5. The molecule has 0 atom stereocenters. The number of esters is 1. The smallest absolute Gasteiger partial charge is 0.337 e. The van der Waals surface area contributed by atoms with Crippen LogP contribution in [0.3, 0.4) is 0 Å². The molecule has 0 saturated heterocycles. The summed E-state index contributed by atoms with van der Waals surface area (Å²) in [6.45, 7) is 0.343. The lowest BCUT2D eigenvalue weighted by molar-refractivity contribution is 0.0600. The predicted octanol–water partition coefficient (Wildman–Crippen LogP) is 3.74. The van der Waals surface area contributed by atoms with E-state index in [9.17, 15) is 4.79 Å². The molecule has 1 aliphatic rings. The summed E-state index contributed by atoms with van der Waals surface area (Å²) in [6.07, 6.45) is 3.16. The van der Waals surface area contributed by atoms with Gasteiger partial charge in [-0.25, -0.2) is 9.48 Å². The fraction of sp³-hybridized carbons (Fsp3) is 0.273. The fourth-order valence-corrected chi connectivity index (χ4v) is 3.59. The summed E-state index contributed by atoms with van der Waals surface area (Å²) >= 11 is 0. The molecule has 6 heteroatoms. The highest BCUT2D eigenvalue weighted by molar-refractivity contribution is 5.90. The summed E-state index contributed by atoms with van der Waals surface area (Å²) in [5, 5.41) is 4.81. The zero-order valence-corrected chi connectivity index (χ0v) is 16.0. The normalized spacial score (nSPS) is 12.5. The van der Waals surface area contributed by atoms with Crippen LogP contribution in [0.25, 0.3) is 5.69 Å². The molecule has 1 aromatic heterocycles. The molecule has 1 heterocycles. The maximum absolute atomic E-state index is 11.7. The quantitative estimate of drug-likeness (QED) is 0.612. The number of ether oxygens (including phenoxy) is 3. The fourth-order valence-electron chi connectivity index (χ4n) is 3.59. The Kier molecular flexibility index (Phi) is 5.02. The molecule has 0 unspecified atom stereocenters. The van der Waals surface area contributed by atoms with E-state index in [0.29, 0.717) is 23.7 Å². The molecule has 4 rings (SSSR count). The number of hydrogen-bond donors (Lipinski definition) is 0. The number of fused-ring (bicyclic) bond motifs is 1. The Bertz CT molecular complexity index is 995. The number of para-hydroxylation sites is 1. The second kappa shape index (κ2) is 7.76. The van der Waals surface area contributed by atoms with Crippen LogP contribution in [0, 0.1) is 0 Å². The second-order valence-electron chi connectivity index (χ2n) is 6.62. The van der Waals surface area contributed by atoms with E-state index in [1.807, 2.05) is 22.9 Å². The Morgan fingerprint density at radius 2 is 1.89 bits per heavy atom. The number of methoxy groups -OCH3 is 2. The van der Waals surface area contributed by atoms with E-state index in [-0.39, 0.29) is 0 Å². The third-order valence-electron chi connectivity index (χ3n) is 4.96. The molecule has 6 nitrogen and oxygen atoms in total. The Hall–Kier alpha value is -3.28. The van der Waals surface area contributed by atoms with Gasteiger partial charge in [0, 0.05) is 11.3 Å². The second-order valence-corrected chi connectivity index (χ2v) is 6.62. The van der Waals surface area contributed by atoms with Crippen LogP contribution >= 0.6 is 0 Å². The molecule has 3 aromatic rings. The van der Waals surface area contributed by atoms with Gasteiger partial charge in [-0.2, -0.15) is 5.10 Å². The topological polar surface area (TPSA) is 62.6 Å². The van der Waals surface area contributed by atoms with E-state index < -0.39 is 5.97 Å². The molecule has 0 amide bonds. The SMILES string of the molecule is COC(=O)c1ccc(OCc2nn(-c3ccccc3)c3c2CCC3)c(OC)c1. The van der Waals surface area contributed by atoms with Gasteiger partial charge < -0.3 is 14.2 Å². The highest BCUT2D eigenvalue weighted by Crippen LogP contribution is 2.32. The minimum absolute atomic E-state index is 0.343. The van der Waals surface area contributed by atoms with Crippen LogP contribution in [0.4, 0.5) is 0 Å². The number of nitrogens with zero attached hydrogens (tertiary/aromatic N) is 2. The van der Waals surface area contributed by atoms with E-state index in [4.69, 9.17) is 19.3 Å². The van der Waals surface area contributed by atoms with E-state index in [1.54, 1.807) is 25.3 Å². The Morgan fingerprint density at radius 3 is 2.64 bits per heavy atom. The molecule has 2 aromatic carbocycles. The molecule has 0 bridgehead atoms. The maximum Gasteiger partial charge on any atom is 0.337 e. The summed E-state index contributed by atoms with van der Waals surface area (Å²) in [4.78, 5) is 11.7. The molecular formula is C22H22N2O4. The monoisotopic (exact) mass is 378 g/mol. The van der Waals surface area contributed by atoms with E-state index >= 15 is 0 Å². The van der Waals surface area contributed by atoms with Gasteiger partial charge in [-0.3, -0.25) is 0 Å². The Labute approximate surface area is 163 Å². The third kappa shape index (κ3) is 3.33. The van der Waals surface area contributed by atoms with Crippen molar-refractivity contribution in [2.24, 2.45) is 0 Å². The third-order valence-corrected chi connectivity index (χ3v) is 4.96. The number of carbonyl (C=O) groups excluding carboxylic acids is 1. The average molecular weight is 378 g/mol. The van der Waals surface area contributed by atoms with Crippen molar-refractivity contribution in [1.82, 2.24) is 9.78 Å².